The summed E-state index contributed by atoms with van der Waals surface area (Å²) in [4.78, 5) is 11.0. The summed E-state index contributed by atoms with van der Waals surface area (Å²) in [6, 6.07) is 0. The van der Waals surface area contributed by atoms with Gasteiger partial charge in [0.15, 0.2) is 0 Å². The highest BCUT2D eigenvalue weighted by Crippen LogP contribution is 2.10. The third kappa shape index (κ3) is 13.3. The van der Waals surface area contributed by atoms with E-state index in [-0.39, 0.29) is 5.97 Å². The third-order valence-corrected chi connectivity index (χ3v) is 3.04. The lowest BCUT2D eigenvalue weighted by atomic mass is 10.1. The van der Waals surface area contributed by atoms with E-state index in [0.717, 1.165) is 6.42 Å². The van der Waals surface area contributed by atoms with E-state index in [2.05, 4.69) is 6.92 Å². The molecule has 0 rings (SSSR count). The molecular formula is C16H30O2. The van der Waals surface area contributed by atoms with Crippen LogP contribution in [-0.4, -0.2) is 12.6 Å². The molecule has 2 heteroatoms. The average Bonchev–Trinajstić information content (AvgIpc) is 2.36. The number of unbranched alkanes of at least 4 members (excludes halogenated alkanes) is 9. The maximum Gasteiger partial charge on any atom is 0.330 e. The Balaban J connectivity index is 3.05. The maximum absolute atomic E-state index is 11.0. The second-order valence-corrected chi connectivity index (χ2v) is 4.85. The molecule has 0 bridgehead atoms. The van der Waals surface area contributed by atoms with Gasteiger partial charge in [-0.05, 0) is 13.3 Å². The Hall–Kier alpha value is -0.790. The van der Waals surface area contributed by atoms with Gasteiger partial charge < -0.3 is 4.74 Å². The minimum absolute atomic E-state index is 0.214. The minimum Gasteiger partial charge on any atom is -0.463 e. The van der Waals surface area contributed by atoms with E-state index in [1.807, 2.05) is 6.92 Å². The molecule has 0 saturated carbocycles. The highest BCUT2D eigenvalue weighted by Gasteiger charge is 1.96. The summed E-state index contributed by atoms with van der Waals surface area (Å²) in [6.07, 6.45) is 16.2. The Morgan fingerprint density at radius 1 is 0.889 bits per heavy atom. The summed E-state index contributed by atoms with van der Waals surface area (Å²) in [5.74, 6) is -0.214. The van der Waals surface area contributed by atoms with Crippen molar-refractivity contribution >= 4 is 5.97 Å². The van der Waals surface area contributed by atoms with Crippen LogP contribution in [0.3, 0.4) is 0 Å². The van der Waals surface area contributed by atoms with Crippen molar-refractivity contribution in [1.29, 1.82) is 0 Å². The van der Waals surface area contributed by atoms with Crippen LogP contribution in [0.1, 0.15) is 78.1 Å². The molecule has 0 saturated heterocycles. The first-order valence-electron chi connectivity index (χ1n) is 7.60. The van der Waals surface area contributed by atoms with Crippen LogP contribution in [0, 0.1) is 0 Å². The number of hydrogen-bond acceptors (Lipinski definition) is 2. The average molecular weight is 254 g/mol. The van der Waals surface area contributed by atoms with Gasteiger partial charge in [-0.3, -0.25) is 0 Å². The van der Waals surface area contributed by atoms with Gasteiger partial charge in [0.2, 0.25) is 0 Å². The second-order valence-electron chi connectivity index (χ2n) is 4.85. The topological polar surface area (TPSA) is 26.3 Å². The zero-order valence-electron chi connectivity index (χ0n) is 12.2. The fourth-order valence-corrected chi connectivity index (χ4v) is 1.95. The zero-order valence-corrected chi connectivity index (χ0v) is 12.2. The van der Waals surface area contributed by atoms with Crippen LogP contribution in [-0.2, 0) is 9.53 Å². The Morgan fingerprint density at radius 3 is 1.89 bits per heavy atom. The molecule has 18 heavy (non-hydrogen) atoms. The molecule has 0 aromatic heterocycles. The lowest BCUT2D eigenvalue weighted by molar-refractivity contribution is -0.137. The van der Waals surface area contributed by atoms with Crippen molar-refractivity contribution in [3.63, 3.8) is 0 Å². The predicted octanol–water partition coefficient (Wildman–Crippen LogP) is 5.03. The lowest BCUT2D eigenvalue weighted by Crippen LogP contribution is -2.01. The van der Waals surface area contributed by atoms with Crippen LogP contribution in [0.4, 0.5) is 0 Å². The van der Waals surface area contributed by atoms with Gasteiger partial charge in [-0.2, -0.15) is 0 Å². The number of ether oxygens (including phenoxy) is 1. The number of allylic oxidation sites excluding steroid dienone is 1. The van der Waals surface area contributed by atoms with E-state index in [1.54, 1.807) is 6.08 Å². The summed E-state index contributed by atoms with van der Waals surface area (Å²) in [6.45, 7) is 4.64. The summed E-state index contributed by atoms with van der Waals surface area (Å²) in [5.41, 5.74) is 0. The van der Waals surface area contributed by atoms with Gasteiger partial charge >= 0.3 is 5.97 Å². The summed E-state index contributed by atoms with van der Waals surface area (Å²) >= 11 is 0. The van der Waals surface area contributed by atoms with Crippen LogP contribution < -0.4 is 0 Å². The molecule has 0 amide bonds. The molecule has 0 heterocycles. The number of hydrogen-bond donors (Lipinski definition) is 0. The molecule has 0 aliphatic heterocycles. The second kappa shape index (κ2) is 14.3. The van der Waals surface area contributed by atoms with Crippen LogP contribution >= 0.6 is 0 Å². The van der Waals surface area contributed by atoms with Crippen LogP contribution in [0.15, 0.2) is 12.2 Å². The highest BCUT2D eigenvalue weighted by atomic mass is 16.5. The quantitative estimate of drug-likeness (QED) is 0.277. The van der Waals surface area contributed by atoms with E-state index in [9.17, 15) is 4.79 Å². The van der Waals surface area contributed by atoms with Crippen molar-refractivity contribution in [2.75, 3.05) is 6.61 Å². The number of carbonyl (C=O) groups is 1. The van der Waals surface area contributed by atoms with Crippen molar-refractivity contribution < 1.29 is 9.53 Å². The molecule has 106 valence electrons. The van der Waals surface area contributed by atoms with E-state index in [4.69, 9.17) is 4.74 Å². The molecule has 0 aromatic carbocycles. The monoisotopic (exact) mass is 254 g/mol. The first-order chi connectivity index (χ1) is 8.81. The molecular weight excluding hydrogens is 224 g/mol. The van der Waals surface area contributed by atoms with Crippen molar-refractivity contribution in [2.24, 2.45) is 0 Å². The van der Waals surface area contributed by atoms with Gasteiger partial charge in [-0.15, -0.1) is 0 Å². The van der Waals surface area contributed by atoms with E-state index >= 15 is 0 Å². The van der Waals surface area contributed by atoms with Crippen molar-refractivity contribution in [3.05, 3.63) is 12.2 Å². The predicted molar refractivity (Wildman–Crippen MR) is 77.6 cm³/mol. The Morgan fingerprint density at radius 2 is 1.39 bits per heavy atom. The lowest BCUT2D eigenvalue weighted by Gasteiger charge is -2.03. The molecule has 2 nitrogen and oxygen atoms in total. The fraction of sp³-hybridized carbons (Fsp3) is 0.812. The van der Waals surface area contributed by atoms with Gasteiger partial charge in [0.05, 0.1) is 6.61 Å². The third-order valence-electron chi connectivity index (χ3n) is 3.04. The number of rotatable bonds is 12. The first-order valence-corrected chi connectivity index (χ1v) is 7.60. The molecule has 0 atom stereocenters. The summed E-state index contributed by atoms with van der Waals surface area (Å²) in [7, 11) is 0. The molecule has 0 unspecified atom stereocenters. The van der Waals surface area contributed by atoms with Crippen molar-refractivity contribution in [1.82, 2.24) is 0 Å². The standard InChI is InChI=1S/C16H30O2/c1-3-5-6-7-8-9-10-11-12-13-15-18-16(17)14-4-2/h4,14H,3,5-13,15H2,1-2H3/b14-4-. The molecule has 0 radical (unpaired) electrons. The zero-order chi connectivity index (χ0) is 13.5. The first kappa shape index (κ1) is 17.2. The largest absolute Gasteiger partial charge is 0.463 e. The van der Waals surface area contributed by atoms with Crippen LogP contribution in [0.2, 0.25) is 0 Å². The Labute approximate surface area is 113 Å². The smallest absolute Gasteiger partial charge is 0.330 e. The maximum atomic E-state index is 11.0. The molecule has 0 aliphatic rings. The molecule has 0 N–H and O–H groups in total. The van der Waals surface area contributed by atoms with Gasteiger partial charge in [0.1, 0.15) is 0 Å². The number of carbonyl (C=O) groups excluding carboxylic acids is 1. The van der Waals surface area contributed by atoms with Crippen LogP contribution in [0.25, 0.3) is 0 Å². The number of esters is 1. The Kier molecular flexibility index (Phi) is 13.6. The minimum atomic E-state index is -0.214. The summed E-state index contributed by atoms with van der Waals surface area (Å²) < 4.78 is 5.03. The molecule has 0 fully saturated rings. The molecule has 0 aliphatic carbocycles. The van der Waals surface area contributed by atoms with E-state index in [1.165, 1.54) is 63.9 Å². The van der Waals surface area contributed by atoms with Gasteiger partial charge in [0.25, 0.3) is 0 Å². The highest BCUT2D eigenvalue weighted by molar-refractivity contribution is 5.81. The van der Waals surface area contributed by atoms with Crippen molar-refractivity contribution in [2.45, 2.75) is 78.1 Å². The summed E-state index contributed by atoms with van der Waals surface area (Å²) in [5, 5.41) is 0. The molecule has 0 aromatic rings. The molecule has 0 spiro atoms. The van der Waals surface area contributed by atoms with Crippen LogP contribution in [0.5, 0.6) is 0 Å². The van der Waals surface area contributed by atoms with Gasteiger partial charge in [0, 0.05) is 6.08 Å². The van der Waals surface area contributed by atoms with E-state index < -0.39 is 0 Å². The van der Waals surface area contributed by atoms with Crippen molar-refractivity contribution in [3.8, 4) is 0 Å². The van der Waals surface area contributed by atoms with Gasteiger partial charge in [-0.25, -0.2) is 4.79 Å². The van der Waals surface area contributed by atoms with E-state index in [0.29, 0.717) is 6.61 Å². The normalized spacial score (nSPS) is 11.0. The van der Waals surface area contributed by atoms with Gasteiger partial charge in [-0.1, -0.05) is 70.8 Å². The fourth-order valence-electron chi connectivity index (χ4n) is 1.95. The Bertz CT molecular complexity index is 209. The SMILES string of the molecule is C/C=C\C(=O)OCCCCCCCCCCCC.